The zero-order valence-electron chi connectivity index (χ0n) is 14.9. The quantitative estimate of drug-likeness (QED) is 0.791. The number of hydrogen-bond acceptors (Lipinski definition) is 3. The molecule has 1 saturated heterocycles. The third kappa shape index (κ3) is 3.01. The molecular formula is C21H23N3O2. The molecule has 0 bridgehead atoms. The van der Waals surface area contributed by atoms with Crippen molar-refractivity contribution in [3.63, 3.8) is 0 Å². The first-order chi connectivity index (χ1) is 12.6. The lowest BCUT2D eigenvalue weighted by Crippen LogP contribution is -2.49. The SMILES string of the molecule is Cc1cc2ccccc2n1CC(=O)N1CCN(c2ccccc2O)CC1. The molecule has 0 aliphatic carbocycles. The van der Waals surface area contributed by atoms with Crippen LogP contribution in [0.2, 0.25) is 0 Å². The first-order valence-electron chi connectivity index (χ1n) is 8.99. The second kappa shape index (κ2) is 6.75. The average Bonchev–Trinajstić information content (AvgIpc) is 2.98. The molecule has 0 unspecified atom stereocenters. The van der Waals surface area contributed by atoms with Gasteiger partial charge in [0.1, 0.15) is 12.3 Å². The van der Waals surface area contributed by atoms with Crippen molar-refractivity contribution in [2.45, 2.75) is 13.5 Å². The second-order valence-electron chi connectivity index (χ2n) is 6.79. The zero-order valence-corrected chi connectivity index (χ0v) is 14.9. The number of para-hydroxylation sites is 3. The molecule has 0 atom stereocenters. The van der Waals surface area contributed by atoms with Crippen LogP contribution in [0.4, 0.5) is 5.69 Å². The van der Waals surface area contributed by atoms with Crippen LogP contribution in [-0.4, -0.2) is 46.7 Å². The normalized spacial score (nSPS) is 14.8. The predicted molar refractivity (Wildman–Crippen MR) is 104 cm³/mol. The molecule has 4 rings (SSSR count). The standard InChI is InChI=1S/C21H23N3O2/c1-16-14-17-6-2-3-7-18(17)24(16)15-21(26)23-12-10-22(11-13-23)19-8-4-5-9-20(19)25/h2-9,14,25H,10-13,15H2,1H3. The number of carbonyl (C=O) groups excluding carboxylic acids is 1. The van der Waals surface area contributed by atoms with Gasteiger partial charge in [0.15, 0.2) is 0 Å². The van der Waals surface area contributed by atoms with Crippen LogP contribution in [0, 0.1) is 6.92 Å². The minimum absolute atomic E-state index is 0.145. The summed E-state index contributed by atoms with van der Waals surface area (Å²) in [7, 11) is 0. The van der Waals surface area contributed by atoms with Gasteiger partial charge >= 0.3 is 0 Å². The van der Waals surface area contributed by atoms with Gasteiger partial charge in [0.25, 0.3) is 0 Å². The summed E-state index contributed by atoms with van der Waals surface area (Å²) in [5, 5.41) is 11.2. The highest BCUT2D eigenvalue weighted by molar-refractivity contribution is 5.84. The Morgan fingerprint density at radius 3 is 2.46 bits per heavy atom. The van der Waals surface area contributed by atoms with Gasteiger partial charge in [-0.05, 0) is 36.6 Å². The number of aryl methyl sites for hydroxylation is 1. The molecule has 134 valence electrons. The van der Waals surface area contributed by atoms with Gasteiger partial charge in [0.05, 0.1) is 5.69 Å². The van der Waals surface area contributed by atoms with Gasteiger partial charge in [-0.2, -0.15) is 0 Å². The highest BCUT2D eigenvalue weighted by Gasteiger charge is 2.23. The minimum atomic E-state index is 0.145. The molecule has 0 spiro atoms. The largest absolute Gasteiger partial charge is 0.506 e. The van der Waals surface area contributed by atoms with Gasteiger partial charge in [-0.15, -0.1) is 0 Å². The minimum Gasteiger partial charge on any atom is -0.506 e. The van der Waals surface area contributed by atoms with Crippen LogP contribution in [0.1, 0.15) is 5.69 Å². The van der Waals surface area contributed by atoms with Crippen LogP contribution < -0.4 is 4.90 Å². The molecule has 2 aromatic carbocycles. The molecule has 1 N–H and O–H groups in total. The zero-order chi connectivity index (χ0) is 18.1. The van der Waals surface area contributed by atoms with Crippen molar-refractivity contribution >= 4 is 22.5 Å². The van der Waals surface area contributed by atoms with E-state index in [2.05, 4.69) is 27.7 Å². The maximum Gasteiger partial charge on any atom is 0.242 e. The maximum atomic E-state index is 12.8. The molecule has 3 aromatic rings. The molecular weight excluding hydrogens is 326 g/mol. The Kier molecular flexibility index (Phi) is 4.29. The van der Waals surface area contributed by atoms with E-state index in [0.717, 1.165) is 30.0 Å². The highest BCUT2D eigenvalue weighted by atomic mass is 16.3. The van der Waals surface area contributed by atoms with E-state index < -0.39 is 0 Å². The number of benzene rings is 2. The first-order valence-corrected chi connectivity index (χ1v) is 8.99. The fourth-order valence-electron chi connectivity index (χ4n) is 3.72. The third-order valence-electron chi connectivity index (χ3n) is 5.17. The number of rotatable bonds is 3. The highest BCUT2D eigenvalue weighted by Crippen LogP contribution is 2.27. The Hall–Kier alpha value is -2.95. The predicted octanol–water partition coefficient (Wildman–Crippen LogP) is 3.00. The van der Waals surface area contributed by atoms with Gasteiger partial charge in [-0.3, -0.25) is 4.79 Å². The van der Waals surface area contributed by atoms with Crippen LogP contribution >= 0.6 is 0 Å². The molecule has 5 nitrogen and oxygen atoms in total. The van der Waals surface area contributed by atoms with Crippen LogP contribution in [0.25, 0.3) is 10.9 Å². The molecule has 1 amide bonds. The number of hydrogen-bond donors (Lipinski definition) is 1. The van der Waals surface area contributed by atoms with Gasteiger partial charge in [-0.1, -0.05) is 30.3 Å². The van der Waals surface area contributed by atoms with Crippen molar-refractivity contribution in [2.75, 3.05) is 31.1 Å². The monoisotopic (exact) mass is 349 g/mol. The van der Waals surface area contributed by atoms with Gasteiger partial charge in [0.2, 0.25) is 5.91 Å². The van der Waals surface area contributed by atoms with E-state index in [1.165, 1.54) is 5.39 Å². The van der Waals surface area contributed by atoms with Gasteiger partial charge in [-0.25, -0.2) is 0 Å². The van der Waals surface area contributed by atoms with E-state index >= 15 is 0 Å². The number of aromatic hydroxyl groups is 1. The summed E-state index contributed by atoms with van der Waals surface area (Å²) in [6.07, 6.45) is 0. The fraction of sp³-hybridized carbons (Fsp3) is 0.286. The smallest absolute Gasteiger partial charge is 0.242 e. The molecule has 1 aromatic heterocycles. The summed E-state index contributed by atoms with van der Waals surface area (Å²) in [6.45, 7) is 5.22. The summed E-state index contributed by atoms with van der Waals surface area (Å²) in [6, 6.07) is 17.7. The Morgan fingerprint density at radius 2 is 1.69 bits per heavy atom. The van der Waals surface area contributed by atoms with E-state index in [1.54, 1.807) is 6.07 Å². The van der Waals surface area contributed by atoms with Crippen LogP contribution in [0.15, 0.2) is 54.6 Å². The number of carbonyl (C=O) groups is 1. The Bertz CT molecular complexity index is 939. The average molecular weight is 349 g/mol. The number of phenolic OH excluding ortho intramolecular Hbond substituents is 1. The lowest BCUT2D eigenvalue weighted by molar-refractivity contribution is -0.132. The summed E-state index contributed by atoms with van der Waals surface area (Å²) < 4.78 is 2.09. The lowest BCUT2D eigenvalue weighted by Gasteiger charge is -2.36. The van der Waals surface area contributed by atoms with Crippen molar-refractivity contribution in [1.82, 2.24) is 9.47 Å². The van der Waals surface area contributed by atoms with Crippen LogP contribution in [-0.2, 0) is 11.3 Å². The molecule has 0 saturated carbocycles. The summed E-state index contributed by atoms with van der Waals surface area (Å²) in [5.74, 6) is 0.438. The van der Waals surface area contributed by atoms with Gasteiger partial charge < -0.3 is 19.5 Å². The number of nitrogens with zero attached hydrogens (tertiary/aromatic N) is 3. The molecule has 2 heterocycles. The first kappa shape index (κ1) is 16.5. The Balaban J connectivity index is 1.44. The van der Waals surface area contributed by atoms with Crippen molar-refractivity contribution in [1.29, 1.82) is 0 Å². The number of phenols is 1. The molecule has 1 aliphatic heterocycles. The van der Waals surface area contributed by atoms with Crippen LogP contribution in [0.5, 0.6) is 5.75 Å². The van der Waals surface area contributed by atoms with E-state index in [-0.39, 0.29) is 5.91 Å². The van der Waals surface area contributed by atoms with Crippen molar-refractivity contribution in [3.05, 3.63) is 60.3 Å². The molecule has 5 heteroatoms. The molecule has 1 fully saturated rings. The van der Waals surface area contributed by atoms with Crippen molar-refractivity contribution < 1.29 is 9.90 Å². The Labute approximate surface area is 153 Å². The number of piperazine rings is 1. The van der Waals surface area contributed by atoms with E-state index in [4.69, 9.17) is 0 Å². The van der Waals surface area contributed by atoms with E-state index in [9.17, 15) is 9.90 Å². The van der Waals surface area contributed by atoms with Gasteiger partial charge in [0, 0.05) is 37.4 Å². The summed E-state index contributed by atoms with van der Waals surface area (Å²) in [5.41, 5.74) is 3.05. The lowest BCUT2D eigenvalue weighted by atomic mass is 10.2. The second-order valence-corrected chi connectivity index (χ2v) is 6.79. The molecule has 1 aliphatic rings. The molecule has 0 radical (unpaired) electrons. The van der Waals surface area contributed by atoms with E-state index in [1.807, 2.05) is 42.2 Å². The maximum absolute atomic E-state index is 12.8. The number of aromatic nitrogens is 1. The molecule has 26 heavy (non-hydrogen) atoms. The fourth-order valence-corrected chi connectivity index (χ4v) is 3.72. The Morgan fingerprint density at radius 1 is 1.00 bits per heavy atom. The van der Waals surface area contributed by atoms with Crippen molar-refractivity contribution in [2.24, 2.45) is 0 Å². The number of amides is 1. The number of anilines is 1. The summed E-state index contributed by atoms with van der Waals surface area (Å²) in [4.78, 5) is 16.9. The summed E-state index contributed by atoms with van der Waals surface area (Å²) >= 11 is 0. The number of fused-ring (bicyclic) bond motifs is 1. The van der Waals surface area contributed by atoms with Crippen LogP contribution in [0.3, 0.4) is 0 Å². The third-order valence-corrected chi connectivity index (χ3v) is 5.17. The van der Waals surface area contributed by atoms with E-state index in [0.29, 0.717) is 25.4 Å². The topological polar surface area (TPSA) is 48.7 Å². The van der Waals surface area contributed by atoms with Crippen molar-refractivity contribution in [3.8, 4) is 5.75 Å².